The van der Waals surface area contributed by atoms with Crippen molar-refractivity contribution >= 4 is 18.7 Å². The number of hydrogen-bond acceptors (Lipinski definition) is 2. The van der Waals surface area contributed by atoms with Crippen LogP contribution in [0.2, 0.25) is 0 Å². The summed E-state index contributed by atoms with van der Waals surface area (Å²) in [7, 11) is -0.249. The third-order valence-corrected chi connectivity index (χ3v) is 4.33. The van der Waals surface area contributed by atoms with Crippen molar-refractivity contribution in [2.24, 2.45) is 0 Å². The second kappa shape index (κ2) is 3.72. The van der Waals surface area contributed by atoms with Crippen molar-refractivity contribution in [2.75, 3.05) is 0 Å². The predicted octanol–water partition coefficient (Wildman–Crippen LogP) is 2.56. The third-order valence-electron chi connectivity index (χ3n) is 4.33. The highest BCUT2D eigenvalue weighted by Crippen LogP contribution is 2.36. The molecule has 3 rings (SSSR count). The molecule has 0 radical (unpaired) electrons. The van der Waals surface area contributed by atoms with Gasteiger partial charge < -0.3 is 9.31 Å². The highest BCUT2D eigenvalue weighted by atomic mass is 16.7. The molecule has 1 aromatic carbocycles. The van der Waals surface area contributed by atoms with Crippen LogP contribution < -0.4 is 5.46 Å². The Morgan fingerprint density at radius 1 is 1.06 bits per heavy atom. The van der Waals surface area contributed by atoms with Gasteiger partial charge in [-0.1, -0.05) is 30.4 Å². The minimum Gasteiger partial charge on any atom is -0.399 e. The SMILES string of the molecule is CC1(C)OB(c2ccc3c(c2)CC=C3)OC1(C)C. The predicted molar refractivity (Wildman–Crippen MR) is 74.9 cm³/mol. The van der Waals surface area contributed by atoms with E-state index in [9.17, 15) is 0 Å². The molecule has 94 valence electrons. The van der Waals surface area contributed by atoms with Gasteiger partial charge in [-0.15, -0.1) is 0 Å². The molecule has 1 aliphatic heterocycles. The molecule has 2 nitrogen and oxygen atoms in total. The van der Waals surface area contributed by atoms with E-state index in [0.717, 1.165) is 11.9 Å². The Morgan fingerprint density at radius 3 is 2.39 bits per heavy atom. The van der Waals surface area contributed by atoms with E-state index in [1.54, 1.807) is 0 Å². The fraction of sp³-hybridized carbons (Fsp3) is 0.467. The monoisotopic (exact) mass is 242 g/mol. The molecule has 1 aliphatic carbocycles. The Balaban J connectivity index is 1.90. The Morgan fingerprint density at radius 2 is 1.72 bits per heavy atom. The van der Waals surface area contributed by atoms with Crippen LogP contribution >= 0.6 is 0 Å². The summed E-state index contributed by atoms with van der Waals surface area (Å²) >= 11 is 0. The highest BCUT2D eigenvalue weighted by molar-refractivity contribution is 6.62. The van der Waals surface area contributed by atoms with E-state index in [4.69, 9.17) is 9.31 Å². The molecule has 0 aromatic heterocycles. The van der Waals surface area contributed by atoms with Crippen LogP contribution in [0.5, 0.6) is 0 Å². The van der Waals surface area contributed by atoms with E-state index >= 15 is 0 Å². The van der Waals surface area contributed by atoms with Gasteiger partial charge in [0, 0.05) is 0 Å². The van der Waals surface area contributed by atoms with Crippen molar-refractivity contribution in [1.29, 1.82) is 0 Å². The quantitative estimate of drug-likeness (QED) is 0.704. The van der Waals surface area contributed by atoms with E-state index in [2.05, 4.69) is 58.0 Å². The fourth-order valence-electron chi connectivity index (χ4n) is 2.40. The largest absolute Gasteiger partial charge is 0.494 e. The third kappa shape index (κ3) is 1.73. The summed E-state index contributed by atoms with van der Waals surface area (Å²) in [4.78, 5) is 0. The van der Waals surface area contributed by atoms with Crippen molar-refractivity contribution in [3.63, 3.8) is 0 Å². The lowest BCUT2D eigenvalue weighted by Crippen LogP contribution is -2.41. The van der Waals surface area contributed by atoms with Crippen molar-refractivity contribution < 1.29 is 9.31 Å². The molecule has 3 heteroatoms. The number of rotatable bonds is 1. The number of fused-ring (bicyclic) bond motifs is 1. The second-order valence-corrected chi connectivity index (χ2v) is 6.15. The van der Waals surface area contributed by atoms with Gasteiger partial charge in [0.1, 0.15) is 0 Å². The average molecular weight is 242 g/mol. The zero-order valence-electron chi connectivity index (χ0n) is 11.5. The number of hydrogen-bond donors (Lipinski definition) is 0. The van der Waals surface area contributed by atoms with Crippen LogP contribution in [-0.4, -0.2) is 18.3 Å². The maximum absolute atomic E-state index is 6.07. The molecule has 0 spiro atoms. The van der Waals surface area contributed by atoms with E-state index in [1.807, 2.05) is 0 Å². The van der Waals surface area contributed by atoms with E-state index < -0.39 is 0 Å². The van der Waals surface area contributed by atoms with Crippen LogP contribution in [0.3, 0.4) is 0 Å². The van der Waals surface area contributed by atoms with Gasteiger partial charge in [-0.3, -0.25) is 0 Å². The zero-order valence-corrected chi connectivity index (χ0v) is 11.5. The molecular formula is C15H19BO2. The summed E-state index contributed by atoms with van der Waals surface area (Å²) in [6, 6.07) is 6.47. The first-order valence-electron chi connectivity index (χ1n) is 6.54. The number of allylic oxidation sites excluding steroid dienone is 1. The minimum atomic E-state index is -0.269. The number of benzene rings is 1. The van der Waals surface area contributed by atoms with Crippen LogP contribution in [0.15, 0.2) is 24.3 Å². The Labute approximate surface area is 109 Å². The molecule has 18 heavy (non-hydrogen) atoms. The van der Waals surface area contributed by atoms with E-state index in [0.29, 0.717) is 0 Å². The van der Waals surface area contributed by atoms with Crippen LogP contribution in [-0.2, 0) is 15.7 Å². The summed E-state index contributed by atoms with van der Waals surface area (Å²) < 4.78 is 12.1. The molecule has 0 atom stereocenters. The molecule has 1 aromatic rings. The van der Waals surface area contributed by atoms with Gasteiger partial charge in [-0.05, 0) is 50.7 Å². The van der Waals surface area contributed by atoms with Gasteiger partial charge in [-0.25, -0.2) is 0 Å². The minimum absolute atomic E-state index is 0.249. The van der Waals surface area contributed by atoms with E-state index in [1.165, 1.54) is 11.1 Å². The summed E-state index contributed by atoms with van der Waals surface area (Å²) in [6.07, 6.45) is 5.38. The molecule has 0 bridgehead atoms. The Hall–Kier alpha value is -1.06. The van der Waals surface area contributed by atoms with Crippen molar-refractivity contribution in [3.05, 3.63) is 35.4 Å². The smallest absolute Gasteiger partial charge is 0.399 e. The van der Waals surface area contributed by atoms with Crippen LogP contribution in [0.4, 0.5) is 0 Å². The van der Waals surface area contributed by atoms with E-state index in [-0.39, 0.29) is 18.3 Å². The lowest BCUT2D eigenvalue weighted by molar-refractivity contribution is 0.00578. The molecule has 0 saturated carbocycles. The molecule has 0 N–H and O–H groups in total. The normalized spacial score (nSPS) is 23.4. The van der Waals surface area contributed by atoms with Gasteiger partial charge in [0.2, 0.25) is 0 Å². The first-order valence-corrected chi connectivity index (χ1v) is 6.54. The van der Waals surface area contributed by atoms with Gasteiger partial charge in [-0.2, -0.15) is 0 Å². The van der Waals surface area contributed by atoms with Crippen molar-refractivity contribution in [3.8, 4) is 0 Å². The first kappa shape index (κ1) is 12.0. The van der Waals surface area contributed by atoms with Crippen LogP contribution in [0.25, 0.3) is 6.08 Å². The highest BCUT2D eigenvalue weighted by Gasteiger charge is 2.51. The first-order chi connectivity index (χ1) is 8.39. The zero-order chi connectivity index (χ0) is 13.0. The topological polar surface area (TPSA) is 18.5 Å². The molecule has 0 unspecified atom stereocenters. The van der Waals surface area contributed by atoms with Gasteiger partial charge >= 0.3 is 7.12 Å². The summed E-state index contributed by atoms with van der Waals surface area (Å²) in [5.74, 6) is 0. The van der Waals surface area contributed by atoms with Gasteiger partial charge in [0.15, 0.2) is 0 Å². The van der Waals surface area contributed by atoms with Crippen LogP contribution in [0, 0.1) is 0 Å². The van der Waals surface area contributed by atoms with Gasteiger partial charge in [0.25, 0.3) is 0 Å². The second-order valence-electron chi connectivity index (χ2n) is 6.15. The average Bonchev–Trinajstić information content (AvgIpc) is 2.80. The lowest BCUT2D eigenvalue weighted by atomic mass is 9.78. The summed E-state index contributed by atoms with van der Waals surface area (Å²) in [5, 5.41) is 0. The summed E-state index contributed by atoms with van der Waals surface area (Å²) in [5.41, 5.74) is 3.26. The molecule has 0 amide bonds. The van der Waals surface area contributed by atoms with Crippen molar-refractivity contribution in [1.82, 2.24) is 0 Å². The molecule has 1 heterocycles. The molecule has 1 saturated heterocycles. The standard InChI is InChI=1S/C15H19BO2/c1-14(2)15(3,4)18-16(17-14)13-9-8-11-6-5-7-12(11)10-13/h5-6,8-10H,7H2,1-4H3. The van der Waals surface area contributed by atoms with Crippen LogP contribution in [0.1, 0.15) is 38.8 Å². The van der Waals surface area contributed by atoms with Gasteiger partial charge in [0.05, 0.1) is 11.2 Å². The lowest BCUT2D eigenvalue weighted by Gasteiger charge is -2.32. The Kier molecular flexibility index (Phi) is 2.48. The maximum atomic E-state index is 6.07. The molecule has 2 aliphatic rings. The molecule has 1 fully saturated rings. The fourth-order valence-corrected chi connectivity index (χ4v) is 2.40. The Bertz CT molecular complexity index is 501. The van der Waals surface area contributed by atoms with Crippen molar-refractivity contribution in [2.45, 2.75) is 45.3 Å². The molecular weight excluding hydrogens is 223 g/mol. The maximum Gasteiger partial charge on any atom is 0.494 e. The summed E-state index contributed by atoms with van der Waals surface area (Å²) in [6.45, 7) is 8.34.